The quantitative estimate of drug-likeness (QED) is 0.209. The van der Waals surface area contributed by atoms with Gasteiger partial charge in [-0.3, -0.25) is 9.48 Å². The number of carbonyl (C=O) groups excluding carboxylic acids is 1. The standard InChI is InChI=1S/C31H40N8O2/c1-8-31(40)36-25-16-26(29(41-9-2)18-28(25)38(6)14-10-13-37(5)21(3)4)35-30-17-24(32-20-33-30)22-11-12-27-23(15-22)19-34-39(27)7/h8,11-12,15-21H,1,9-10,13-14H2,2-7H3,(H,36,40)(H,32,33,35). The highest BCUT2D eigenvalue weighted by Crippen LogP contribution is 2.38. The van der Waals surface area contributed by atoms with Gasteiger partial charge in [-0.15, -0.1) is 0 Å². The third-order valence-electron chi connectivity index (χ3n) is 7.11. The van der Waals surface area contributed by atoms with Crippen molar-refractivity contribution in [3.8, 4) is 17.0 Å². The maximum absolute atomic E-state index is 12.4. The summed E-state index contributed by atoms with van der Waals surface area (Å²) in [6.07, 6.45) is 5.61. The molecule has 1 amide bonds. The van der Waals surface area contributed by atoms with Gasteiger partial charge in [0.2, 0.25) is 5.91 Å². The van der Waals surface area contributed by atoms with Crippen LogP contribution in [0, 0.1) is 0 Å². The van der Waals surface area contributed by atoms with Gasteiger partial charge in [0.15, 0.2) is 0 Å². The van der Waals surface area contributed by atoms with Crippen molar-refractivity contribution in [2.45, 2.75) is 33.2 Å². The van der Waals surface area contributed by atoms with Crippen molar-refractivity contribution in [2.75, 3.05) is 49.3 Å². The first-order chi connectivity index (χ1) is 19.7. The predicted molar refractivity (Wildman–Crippen MR) is 167 cm³/mol. The van der Waals surface area contributed by atoms with Crippen LogP contribution >= 0.6 is 0 Å². The topological polar surface area (TPSA) is 100 Å². The van der Waals surface area contributed by atoms with Crippen molar-refractivity contribution < 1.29 is 9.53 Å². The number of amides is 1. The molecule has 2 heterocycles. The smallest absolute Gasteiger partial charge is 0.247 e. The van der Waals surface area contributed by atoms with E-state index in [0.29, 0.717) is 35.6 Å². The second-order valence-electron chi connectivity index (χ2n) is 10.3. The number of benzene rings is 2. The van der Waals surface area contributed by atoms with Crippen LogP contribution in [0.4, 0.5) is 22.9 Å². The van der Waals surface area contributed by atoms with Crippen LogP contribution in [0.25, 0.3) is 22.2 Å². The molecule has 0 aliphatic carbocycles. The zero-order chi connectivity index (χ0) is 29.5. The third kappa shape index (κ3) is 7.20. The molecule has 0 saturated heterocycles. The number of hydrogen-bond acceptors (Lipinski definition) is 8. The Morgan fingerprint density at radius 3 is 2.66 bits per heavy atom. The second-order valence-corrected chi connectivity index (χ2v) is 10.3. The Kier molecular flexibility index (Phi) is 9.57. The van der Waals surface area contributed by atoms with E-state index in [1.807, 2.05) is 62.2 Å². The monoisotopic (exact) mass is 556 g/mol. The first-order valence-electron chi connectivity index (χ1n) is 13.9. The highest BCUT2D eigenvalue weighted by atomic mass is 16.5. The molecule has 10 nitrogen and oxygen atoms in total. The molecular weight excluding hydrogens is 516 g/mol. The van der Waals surface area contributed by atoms with Gasteiger partial charge >= 0.3 is 0 Å². The number of anilines is 4. The number of fused-ring (bicyclic) bond motifs is 1. The number of aromatic nitrogens is 4. The summed E-state index contributed by atoms with van der Waals surface area (Å²) < 4.78 is 7.89. The highest BCUT2D eigenvalue weighted by Gasteiger charge is 2.17. The Labute approximate surface area is 242 Å². The molecule has 0 atom stereocenters. The number of rotatable bonds is 13. The summed E-state index contributed by atoms with van der Waals surface area (Å²) in [7, 11) is 6.07. The van der Waals surface area contributed by atoms with Crippen LogP contribution in [0.1, 0.15) is 27.2 Å². The SMILES string of the molecule is C=CC(=O)Nc1cc(Nc2cc(-c3ccc4c(cnn4C)c3)ncn2)c(OCC)cc1N(C)CCCN(C)C(C)C. The van der Waals surface area contributed by atoms with E-state index in [4.69, 9.17) is 4.74 Å². The molecular formula is C31H40N8O2. The van der Waals surface area contributed by atoms with Crippen molar-refractivity contribution in [3.05, 3.63) is 61.6 Å². The van der Waals surface area contributed by atoms with Crippen LogP contribution in [-0.4, -0.2) is 70.4 Å². The third-order valence-corrected chi connectivity index (χ3v) is 7.11. The fraction of sp³-hybridized carbons (Fsp3) is 0.355. The van der Waals surface area contributed by atoms with Crippen LogP contribution in [0.2, 0.25) is 0 Å². The molecule has 0 aliphatic rings. The summed E-state index contributed by atoms with van der Waals surface area (Å²) >= 11 is 0. The van der Waals surface area contributed by atoms with Crippen LogP contribution in [0.15, 0.2) is 61.6 Å². The zero-order valence-corrected chi connectivity index (χ0v) is 24.8. The molecule has 41 heavy (non-hydrogen) atoms. The number of nitrogens with zero attached hydrogens (tertiary/aromatic N) is 6. The lowest BCUT2D eigenvalue weighted by Crippen LogP contribution is -2.30. The first-order valence-corrected chi connectivity index (χ1v) is 13.9. The number of aryl methyl sites for hydroxylation is 1. The molecule has 0 unspecified atom stereocenters. The molecule has 2 aromatic heterocycles. The molecule has 0 aliphatic heterocycles. The molecule has 2 aromatic carbocycles. The highest BCUT2D eigenvalue weighted by molar-refractivity contribution is 6.02. The van der Waals surface area contributed by atoms with E-state index in [0.717, 1.165) is 47.4 Å². The van der Waals surface area contributed by atoms with E-state index in [2.05, 4.69) is 69.0 Å². The molecule has 2 N–H and O–H groups in total. The summed E-state index contributed by atoms with van der Waals surface area (Å²) in [6.45, 7) is 12.2. The van der Waals surface area contributed by atoms with Gasteiger partial charge in [-0.05, 0) is 65.1 Å². The largest absolute Gasteiger partial charge is 0.492 e. The number of carbonyl (C=O) groups is 1. The Morgan fingerprint density at radius 2 is 1.93 bits per heavy atom. The van der Waals surface area contributed by atoms with Gasteiger partial charge in [0, 0.05) is 49.8 Å². The maximum Gasteiger partial charge on any atom is 0.247 e. The molecule has 4 rings (SSSR count). The molecule has 0 fully saturated rings. The zero-order valence-electron chi connectivity index (χ0n) is 24.8. The molecule has 0 saturated carbocycles. The van der Waals surface area contributed by atoms with E-state index >= 15 is 0 Å². The number of ether oxygens (including phenoxy) is 1. The summed E-state index contributed by atoms with van der Waals surface area (Å²) in [5, 5.41) is 11.7. The van der Waals surface area contributed by atoms with E-state index in [1.54, 1.807) is 0 Å². The average Bonchev–Trinajstić information content (AvgIpc) is 3.34. The fourth-order valence-electron chi connectivity index (χ4n) is 4.52. The van der Waals surface area contributed by atoms with Gasteiger partial charge in [0.05, 0.1) is 41.1 Å². The Morgan fingerprint density at radius 1 is 1.12 bits per heavy atom. The number of hydrogen-bond donors (Lipinski definition) is 2. The molecule has 216 valence electrons. The molecule has 0 spiro atoms. The van der Waals surface area contributed by atoms with E-state index in [-0.39, 0.29) is 5.91 Å². The van der Waals surface area contributed by atoms with Gasteiger partial charge in [-0.2, -0.15) is 5.10 Å². The Balaban J connectivity index is 1.64. The fourth-order valence-corrected chi connectivity index (χ4v) is 4.52. The van der Waals surface area contributed by atoms with Gasteiger partial charge in [-0.25, -0.2) is 9.97 Å². The summed E-state index contributed by atoms with van der Waals surface area (Å²) in [6, 6.07) is 12.3. The Hall–Kier alpha value is -4.44. The van der Waals surface area contributed by atoms with Gasteiger partial charge in [0.25, 0.3) is 0 Å². The molecule has 0 radical (unpaired) electrons. The van der Waals surface area contributed by atoms with Crippen molar-refractivity contribution in [3.63, 3.8) is 0 Å². The summed E-state index contributed by atoms with van der Waals surface area (Å²) in [4.78, 5) is 25.8. The lowest BCUT2D eigenvalue weighted by molar-refractivity contribution is -0.111. The minimum Gasteiger partial charge on any atom is -0.492 e. The van der Waals surface area contributed by atoms with Gasteiger partial charge in [-0.1, -0.05) is 12.6 Å². The minimum atomic E-state index is -0.288. The average molecular weight is 557 g/mol. The van der Waals surface area contributed by atoms with Crippen molar-refractivity contribution in [2.24, 2.45) is 7.05 Å². The lowest BCUT2D eigenvalue weighted by atomic mass is 10.1. The minimum absolute atomic E-state index is 0.288. The summed E-state index contributed by atoms with van der Waals surface area (Å²) in [5.74, 6) is 0.965. The van der Waals surface area contributed by atoms with Crippen molar-refractivity contribution >= 4 is 39.7 Å². The first kappa shape index (κ1) is 29.5. The second kappa shape index (κ2) is 13.3. The van der Waals surface area contributed by atoms with E-state index < -0.39 is 0 Å². The summed E-state index contributed by atoms with van der Waals surface area (Å²) in [5.41, 5.74) is 4.96. The molecule has 10 heteroatoms. The van der Waals surface area contributed by atoms with Gasteiger partial charge < -0.3 is 25.2 Å². The van der Waals surface area contributed by atoms with E-state index in [1.165, 1.54) is 12.4 Å². The lowest BCUT2D eigenvalue weighted by Gasteiger charge is -2.27. The molecule has 0 bridgehead atoms. The van der Waals surface area contributed by atoms with Crippen LogP contribution in [0.3, 0.4) is 0 Å². The predicted octanol–water partition coefficient (Wildman–Crippen LogP) is 5.46. The van der Waals surface area contributed by atoms with Crippen LogP contribution in [-0.2, 0) is 11.8 Å². The normalized spacial score (nSPS) is 11.2. The van der Waals surface area contributed by atoms with Crippen LogP contribution in [0.5, 0.6) is 5.75 Å². The maximum atomic E-state index is 12.4. The van der Waals surface area contributed by atoms with Crippen LogP contribution < -0.4 is 20.3 Å². The van der Waals surface area contributed by atoms with Crippen molar-refractivity contribution in [1.29, 1.82) is 0 Å². The Bertz CT molecular complexity index is 1510. The van der Waals surface area contributed by atoms with Crippen molar-refractivity contribution in [1.82, 2.24) is 24.6 Å². The number of nitrogens with one attached hydrogen (secondary N) is 2. The van der Waals surface area contributed by atoms with Gasteiger partial charge in [0.1, 0.15) is 17.9 Å². The van der Waals surface area contributed by atoms with E-state index in [9.17, 15) is 4.79 Å². The molecule has 4 aromatic rings.